The van der Waals surface area contributed by atoms with Crippen LogP contribution in [0.25, 0.3) is 10.9 Å². The molecule has 300 valence electrons. The van der Waals surface area contributed by atoms with Gasteiger partial charge in [-0.15, -0.1) is 0 Å². The Bertz CT molecular complexity index is 1390. The fourth-order valence-electron chi connectivity index (χ4n) is 6.56. The fraction of sp³-hybridized carbons (Fsp3) is 0.711. The number of aromatic nitrogens is 1. The first kappa shape index (κ1) is 43.1. The Balaban J connectivity index is 1.17. The third-order valence-electron chi connectivity index (χ3n) is 9.83. The summed E-state index contributed by atoms with van der Waals surface area (Å²) >= 11 is 0. The first-order valence-electron chi connectivity index (χ1n) is 19.0. The van der Waals surface area contributed by atoms with Gasteiger partial charge in [0.15, 0.2) is 6.29 Å². The van der Waals surface area contributed by atoms with Gasteiger partial charge < -0.3 is 70.1 Å². The molecular formula is C38H60N2O13. The number of H-pyrrole nitrogens is 1. The van der Waals surface area contributed by atoms with Crippen LogP contribution >= 0.6 is 0 Å². The summed E-state index contributed by atoms with van der Waals surface area (Å²) in [6.45, 7) is 1.16. The zero-order chi connectivity index (χ0) is 38.3. The molecule has 11 atom stereocenters. The maximum Gasteiger partial charge on any atom is 0.229 e. The number of amides is 1. The number of unbranched alkanes of at least 4 members (excludes halogenated alkanes) is 7. The van der Waals surface area contributed by atoms with Crippen molar-refractivity contribution in [2.75, 3.05) is 19.8 Å². The van der Waals surface area contributed by atoms with Crippen LogP contribution in [0.4, 0.5) is 0 Å². The predicted molar refractivity (Wildman–Crippen MR) is 194 cm³/mol. The Hall–Kier alpha value is -2.67. The number of allylic oxidation sites excluding steroid dienone is 2. The van der Waals surface area contributed by atoms with Crippen molar-refractivity contribution < 1.29 is 64.6 Å². The van der Waals surface area contributed by atoms with Crippen molar-refractivity contribution in [2.45, 2.75) is 151 Å². The first-order valence-corrected chi connectivity index (χ1v) is 19.0. The average molecular weight is 753 g/mol. The van der Waals surface area contributed by atoms with E-state index in [9.17, 15) is 45.6 Å². The maximum absolute atomic E-state index is 12.4. The molecule has 0 saturated carbocycles. The minimum absolute atomic E-state index is 0.0154. The number of nitrogens with one attached hydrogen (secondary N) is 2. The number of hydrogen-bond donors (Lipinski definition) is 10. The van der Waals surface area contributed by atoms with Gasteiger partial charge in [-0.25, -0.2) is 0 Å². The van der Waals surface area contributed by atoms with E-state index in [0.29, 0.717) is 25.1 Å². The van der Waals surface area contributed by atoms with Gasteiger partial charge in [-0.1, -0.05) is 37.8 Å². The predicted octanol–water partition coefficient (Wildman–Crippen LogP) is 1.06. The van der Waals surface area contributed by atoms with Crippen LogP contribution < -0.4 is 10.1 Å². The van der Waals surface area contributed by atoms with Crippen molar-refractivity contribution in [1.82, 2.24) is 10.3 Å². The van der Waals surface area contributed by atoms with Crippen molar-refractivity contribution in [3.05, 3.63) is 42.1 Å². The highest BCUT2D eigenvalue weighted by atomic mass is 16.7. The molecule has 1 amide bonds. The number of aliphatic hydroxyl groups is 8. The normalized spacial score (nSPS) is 29.8. The summed E-state index contributed by atoms with van der Waals surface area (Å²) < 4.78 is 22.5. The summed E-state index contributed by atoms with van der Waals surface area (Å²) in [6.07, 6.45) is 2.44. The Morgan fingerprint density at radius 3 is 2.21 bits per heavy atom. The molecule has 2 aliphatic heterocycles. The zero-order valence-corrected chi connectivity index (χ0v) is 30.5. The molecular weight excluding hydrogens is 692 g/mol. The van der Waals surface area contributed by atoms with E-state index in [1.165, 1.54) is 0 Å². The number of aliphatic hydroxyl groups excluding tert-OH is 8. The van der Waals surface area contributed by atoms with E-state index in [4.69, 9.17) is 18.9 Å². The third-order valence-corrected chi connectivity index (χ3v) is 9.83. The standard InChI is InChI=1S/C38H60N2O13/c1-23(42)13-11-9-7-5-3-2-4-6-8-10-12-14-30(43)39-18-17-24-20-40-27-16-15-25(19-26(24)27)51-38-36(49)34(47)32(45)29(53-38)22-50-37-35(48)33(46)31(44)28(21-41)52-37/h3,5,15-16,19-20,23,28-29,31-38,40-42,44-49H,2,4,6-14,17-18,21-22H2,1H3,(H,39,43)/b5-3-/t23-,28+,29+,31+,32+,33-,34-,35+,36+,37+,38+/m0/s1. The molecule has 2 aromatic rings. The Morgan fingerprint density at radius 2 is 1.49 bits per heavy atom. The molecule has 2 aliphatic rings. The van der Waals surface area contributed by atoms with Crippen molar-refractivity contribution >= 4 is 16.8 Å². The van der Waals surface area contributed by atoms with E-state index < -0.39 is 74.6 Å². The summed E-state index contributed by atoms with van der Waals surface area (Å²) in [5.41, 5.74) is 1.76. The number of rotatable bonds is 22. The Morgan fingerprint density at radius 1 is 0.849 bits per heavy atom. The lowest BCUT2D eigenvalue weighted by molar-refractivity contribution is -0.323. The van der Waals surface area contributed by atoms with E-state index in [1.54, 1.807) is 18.2 Å². The SMILES string of the molecule is C[C@H](O)CCCC/C=C\CCCCCCCC(=O)NCCc1c[nH]c2ccc(O[C@@H]3O[C@H](CO[C@@H]4O[C@H](CO)[C@@H](O)[C@H](O)[C@H]4O)[C@@H](O)[C@H](O)[C@H]3O)cc12. The first-order chi connectivity index (χ1) is 25.5. The number of ether oxygens (including phenoxy) is 4. The van der Waals surface area contributed by atoms with Gasteiger partial charge in [-0.05, 0) is 75.6 Å². The molecule has 0 unspecified atom stereocenters. The van der Waals surface area contributed by atoms with Gasteiger partial charge in [0.05, 0.1) is 19.3 Å². The number of fused-ring (bicyclic) bond motifs is 1. The summed E-state index contributed by atoms with van der Waals surface area (Å²) in [6, 6.07) is 5.17. The monoisotopic (exact) mass is 752 g/mol. The summed E-state index contributed by atoms with van der Waals surface area (Å²) in [4.78, 5) is 15.6. The molecule has 4 rings (SSSR count). The molecule has 3 heterocycles. The van der Waals surface area contributed by atoms with Gasteiger partial charge >= 0.3 is 0 Å². The summed E-state index contributed by atoms with van der Waals surface area (Å²) in [5, 5.41) is 84.5. The third kappa shape index (κ3) is 13.0. The van der Waals surface area contributed by atoms with Crippen LogP contribution in [0.3, 0.4) is 0 Å². The zero-order valence-electron chi connectivity index (χ0n) is 30.5. The average Bonchev–Trinajstić information content (AvgIpc) is 3.54. The molecule has 0 radical (unpaired) electrons. The molecule has 2 saturated heterocycles. The molecule has 15 nitrogen and oxygen atoms in total. The quantitative estimate of drug-likeness (QED) is 0.0599. The molecule has 0 aliphatic carbocycles. The van der Waals surface area contributed by atoms with E-state index >= 15 is 0 Å². The van der Waals surface area contributed by atoms with Gasteiger partial charge in [0.1, 0.15) is 54.6 Å². The Kier molecular flexibility index (Phi) is 17.9. The topological polar surface area (TPSA) is 244 Å². The molecule has 15 heteroatoms. The molecule has 1 aromatic heterocycles. The number of carbonyl (C=O) groups excluding carboxylic acids is 1. The lowest BCUT2D eigenvalue weighted by Gasteiger charge is -2.42. The van der Waals surface area contributed by atoms with Crippen molar-refractivity contribution in [3.8, 4) is 5.75 Å². The minimum Gasteiger partial charge on any atom is -0.462 e. The molecule has 0 spiro atoms. The van der Waals surface area contributed by atoms with Crippen LogP contribution in [0.1, 0.15) is 83.1 Å². The molecule has 1 aromatic carbocycles. The van der Waals surface area contributed by atoms with Gasteiger partial charge in [0.2, 0.25) is 12.2 Å². The second kappa shape index (κ2) is 22.0. The molecule has 2 fully saturated rings. The number of carbonyl (C=O) groups is 1. The smallest absolute Gasteiger partial charge is 0.229 e. The second-order valence-electron chi connectivity index (χ2n) is 14.2. The van der Waals surface area contributed by atoms with Crippen LogP contribution in [0.15, 0.2) is 36.5 Å². The molecule has 53 heavy (non-hydrogen) atoms. The van der Waals surface area contributed by atoms with Gasteiger partial charge in [0.25, 0.3) is 0 Å². The minimum atomic E-state index is -1.68. The van der Waals surface area contributed by atoms with Crippen LogP contribution in [-0.4, -0.2) is 139 Å². The number of hydrogen-bond acceptors (Lipinski definition) is 13. The Labute approximate surface area is 310 Å². The molecule has 10 N–H and O–H groups in total. The van der Waals surface area contributed by atoms with Crippen molar-refractivity contribution in [2.24, 2.45) is 0 Å². The number of aromatic amines is 1. The van der Waals surface area contributed by atoms with Crippen molar-refractivity contribution in [3.63, 3.8) is 0 Å². The van der Waals surface area contributed by atoms with E-state index in [1.807, 2.05) is 13.1 Å². The highest BCUT2D eigenvalue weighted by Gasteiger charge is 2.48. The largest absolute Gasteiger partial charge is 0.462 e. The van der Waals surface area contributed by atoms with Crippen LogP contribution in [-0.2, 0) is 25.4 Å². The maximum atomic E-state index is 12.4. The second-order valence-corrected chi connectivity index (χ2v) is 14.2. The summed E-state index contributed by atoms with van der Waals surface area (Å²) in [7, 11) is 0. The van der Waals surface area contributed by atoms with Gasteiger partial charge in [-0.2, -0.15) is 0 Å². The lowest BCUT2D eigenvalue weighted by atomic mass is 9.98. The van der Waals surface area contributed by atoms with E-state index in [0.717, 1.165) is 80.7 Å². The van der Waals surface area contributed by atoms with Crippen LogP contribution in [0, 0.1) is 0 Å². The van der Waals surface area contributed by atoms with Crippen LogP contribution in [0.2, 0.25) is 0 Å². The molecule has 0 bridgehead atoms. The summed E-state index contributed by atoms with van der Waals surface area (Å²) in [5.74, 6) is 0.324. The van der Waals surface area contributed by atoms with Gasteiger partial charge in [-0.3, -0.25) is 4.79 Å². The van der Waals surface area contributed by atoms with Crippen LogP contribution in [0.5, 0.6) is 5.75 Å². The van der Waals surface area contributed by atoms with Crippen molar-refractivity contribution in [1.29, 1.82) is 0 Å². The number of benzene rings is 1. The highest BCUT2D eigenvalue weighted by Crippen LogP contribution is 2.29. The highest BCUT2D eigenvalue weighted by molar-refractivity contribution is 5.84. The van der Waals surface area contributed by atoms with Gasteiger partial charge in [0, 0.05) is 30.1 Å². The fourth-order valence-corrected chi connectivity index (χ4v) is 6.56. The van der Waals surface area contributed by atoms with E-state index in [2.05, 4.69) is 22.5 Å². The van der Waals surface area contributed by atoms with E-state index in [-0.39, 0.29) is 12.0 Å². The lowest BCUT2D eigenvalue weighted by Crippen LogP contribution is -2.62.